The second-order valence-corrected chi connectivity index (χ2v) is 3.46. The van der Waals surface area contributed by atoms with Crippen LogP contribution in [0, 0.1) is 0 Å². The Bertz CT molecular complexity index is 260. The molecule has 0 aliphatic carbocycles. The molecule has 0 bridgehead atoms. The minimum atomic E-state index is -4.37. The maximum atomic E-state index is 13.1. The summed E-state index contributed by atoms with van der Waals surface area (Å²) in [4.78, 5) is 9.71. The number of halogens is 5. The lowest BCUT2D eigenvalue weighted by molar-refractivity contribution is -0.346. The van der Waals surface area contributed by atoms with Crippen molar-refractivity contribution in [3.05, 3.63) is 0 Å². The van der Waals surface area contributed by atoms with Gasteiger partial charge in [-0.25, -0.2) is 4.39 Å². The van der Waals surface area contributed by atoms with Gasteiger partial charge < -0.3 is 0 Å². The van der Waals surface area contributed by atoms with E-state index in [-0.39, 0.29) is 6.41 Å². The number of alkyl halides is 5. The van der Waals surface area contributed by atoms with Crippen molar-refractivity contribution in [2.75, 3.05) is 0 Å². The zero-order valence-corrected chi connectivity index (χ0v) is 9.20. The average Bonchev–Trinajstić information content (AvgIpc) is 2.11. The molecule has 0 aromatic carbocycles. The van der Waals surface area contributed by atoms with Crippen LogP contribution in [0.5, 0.6) is 0 Å². The van der Waals surface area contributed by atoms with Crippen LogP contribution in [0.2, 0.25) is 0 Å². The van der Waals surface area contributed by atoms with Crippen molar-refractivity contribution < 1.29 is 31.5 Å². The fourth-order valence-corrected chi connectivity index (χ4v) is 0.857. The summed E-state index contributed by atoms with van der Waals surface area (Å²) in [5.41, 5.74) is 2.36. The molecule has 0 saturated carbocycles. The van der Waals surface area contributed by atoms with E-state index in [1.54, 1.807) is 0 Å². The van der Waals surface area contributed by atoms with E-state index in [9.17, 15) is 26.7 Å². The Morgan fingerprint density at radius 1 is 1.24 bits per heavy atom. The van der Waals surface area contributed by atoms with E-state index in [0.29, 0.717) is 6.92 Å². The molecule has 0 rings (SSSR count). The molecule has 0 aromatic heterocycles. The van der Waals surface area contributed by atoms with Gasteiger partial charge in [-0.3, -0.25) is 15.0 Å². The van der Waals surface area contributed by atoms with E-state index in [1.165, 1.54) is 12.3 Å². The van der Waals surface area contributed by atoms with Crippen molar-refractivity contribution in [2.24, 2.45) is 0 Å². The zero-order chi connectivity index (χ0) is 13.7. The van der Waals surface area contributed by atoms with Gasteiger partial charge in [-0.2, -0.15) is 23.0 Å². The smallest absolute Gasteiger partial charge is 0.289 e. The van der Waals surface area contributed by atoms with Crippen LogP contribution in [0.25, 0.3) is 0 Å². The lowest BCUT2D eigenvalue weighted by Gasteiger charge is -2.28. The van der Waals surface area contributed by atoms with Crippen LogP contribution in [-0.4, -0.2) is 24.4 Å². The van der Waals surface area contributed by atoms with Crippen LogP contribution in [0.3, 0.4) is 0 Å². The first-order valence-corrected chi connectivity index (χ1v) is 4.65. The Kier molecular flexibility index (Phi) is 5.27. The SMILES string of the molecule is CCC(C)(F)OC(F)(F)CC(F)(F)NNC=O. The summed E-state index contributed by atoms with van der Waals surface area (Å²) in [6.07, 6.45) is -7.06. The monoisotopic (exact) mass is 264 g/mol. The first-order chi connectivity index (χ1) is 7.54. The first kappa shape index (κ1) is 16.0. The van der Waals surface area contributed by atoms with Gasteiger partial charge in [-0.1, -0.05) is 6.92 Å². The molecule has 1 atom stereocenters. The molecule has 1 amide bonds. The van der Waals surface area contributed by atoms with Gasteiger partial charge >= 0.3 is 12.2 Å². The number of hydrazine groups is 1. The number of hydrogen-bond acceptors (Lipinski definition) is 3. The number of rotatable bonds is 8. The first-order valence-electron chi connectivity index (χ1n) is 4.65. The summed E-state index contributed by atoms with van der Waals surface area (Å²) in [5, 5.41) is 0. The summed E-state index contributed by atoms with van der Waals surface area (Å²) in [7, 11) is 0. The minimum Gasteiger partial charge on any atom is -0.289 e. The highest BCUT2D eigenvalue weighted by molar-refractivity contribution is 5.44. The lowest BCUT2D eigenvalue weighted by Crippen LogP contribution is -2.50. The Hall–Kier alpha value is -0.960. The molecule has 4 nitrogen and oxygen atoms in total. The Morgan fingerprint density at radius 2 is 1.76 bits per heavy atom. The average molecular weight is 264 g/mol. The molecule has 9 heteroatoms. The number of hydrogen-bond donors (Lipinski definition) is 2. The highest BCUT2D eigenvalue weighted by Gasteiger charge is 2.48. The largest absolute Gasteiger partial charge is 0.365 e. The number of carbonyl (C=O) groups excluding carboxylic acids is 1. The fourth-order valence-electron chi connectivity index (χ4n) is 0.857. The summed E-state index contributed by atoms with van der Waals surface area (Å²) in [6.45, 7) is 1.93. The molecule has 0 aliphatic rings. The molecule has 0 saturated heterocycles. The summed E-state index contributed by atoms with van der Waals surface area (Å²) >= 11 is 0. The Morgan fingerprint density at radius 3 is 2.18 bits per heavy atom. The van der Waals surface area contributed by atoms with Crippen molar-refractivity contribution in [1.82, 2.24) is 10.9 Å². The molecule has 0 aliphatic heterocycles. The number of carbonyl (C=O) groups is 1. The molecular weight excluding hydrogens is 251 g/mol. The van der Waals surface area contributed by atoms with E-state index < -0.39 is 30.9 Å². The Balaban J connectivity index is 4.47. The minimum absolute atomic E-state index is 0.155. The van der Waals surface area contributed by atoms with Crippen molar-refractivity contribution in [1.29, 1.82) is 0 Å². The van der Waals surface area contributed by atoms with Gasteiger partial charge in [0.15, 0.2) is 0 Å². The van der Waals surface area contributed by atoms with Crippen LogP contribution in [0.1, 0.15) is 26.7 Å². The molecular formula is C8H13F5N2O2. The molecule has 0 heterocycles. The van der Waals surface area contributed by atoms with Crippen LogP contribution in [0.4, 0.5) is 22.0 Å². The summed E-state index contributed by atoms with van der Waals surface area (Å²) < 4.78 is 68.2. The molecule has 1 unspecified atom stereocenters. The number of amides is 1. The third kappa shape index (κ3) is 7.05. The number of ether oxygens (including phenoxy) is 1. The molecule has 0 radical (unpaired) electrons. The lowest BCUT2D eigenvalue weighted by atomic mass is 10.2. The molecule has 0 spiro atoms. The predicted molar refractivity (Wildman–Crippen MR) is 47.7 cm³/mol. The third-order valence-corrected chi connectivity index (χ3v) is 1.74. The summed E-state index contributed by atoms with van der Waals surface area (Å²) in [5.74, 6) is -2.71. The van der Waals surface area contributed by atoms with Crippen LogP contribution >= 0.6 is 0 Å². The van der Waals surface area contributed by atoms with Crippen molar-refractivity contribution >= 4 is 6.41 Å². The van der Waals surface area contributed by atoms with E-state index in [4.69, 9.17) is 0 Å². The maximum absolute atomic E-state index is 13.1. The quantitative estimate of drug-likeness (QED) is 0.305. The topological polar surface area (TPSA) is 50.4 Å². The van der Waals surface area contributed by atoms with Crippen molar-refractivity contribution in [3.63, 3.8) is 0 Å². The molecule has 102 valence electrons. The predicted octanol–water partition coefficient (Wildman–Crippen LogP) is 1.92. The van der Waals surface area contributed by atoms with Gasteiger partial charge in [-0.05, 0) is 6.92 Å². The normalized spacial score (nSPS) is 16.4. The molecule has 17 heavy (non-hydrogen) atoms. The van der Waals surface area contributed by atoms with Gasteiger partial charge in [0.25, 0.3) is 0 Å². The Labute approximate surface area is 94.5 Å². The summed E-state index contributed by atoms with van der Waals surface area (Å²) in [6, 6.07) is -4.13. The van der Waals surface area contributed by atoms with E-state index in [2.05, 4.69) is 4.74 Å². The highest BCUT2D eigenvalue weighted by Crippen LogP contribution is 2.34. The molecule has 2 N–H and O–H groups in total. The third-order valence-electron chi connectivity index (χ3n) is 1.74. The molecule has 0 fully saturated rings. The fraction of sp³-hybridized carbons (Fsp3) is 0.875. The van der Waals surface area contributed by atoms with Crippen LogP contribution in [-0.2, 0) is 9.53 Å². The van der Waals surface area contributed by atoms with Gasteiger partial charge in [0.2, 0.25) is 12.3 Å². The molecule has 0 aromatic rings. The van der Waals surface area contributed by atoms with E-state index >= 15 is 0 Å². The maximum Gasteiger partial charge on any atom is 0.365 e. The second kappa shape index (κ2) is 5.58. The van der Waals surface area contributed by atoms with Crippen molar-refractivity contribution in [2.45, 2.75) is 44.7 Å². The van der Waals surface area contributed by atoms with Gasteiger partial charge in [0, 0.05) is 6.42 Å². The van der Waals surface area contributed by atoms with Gasteiger partial charge in [0.05, 0.1) is 0 Å². The van der Waals surface area contributed by atoms with Gasteiger partial charge in [-0.15, -0.1) is 0 Å². The van der Waals surface area contributed by atoms with Crippen LogP contribution in [0.15, 0.2) is 0 Å². The second-order valence-electron chi connectivity index (χ2n) is 3.46. The zero-order valence-electron chi connectivity index (χ0n) is 9.20. The number of nitrogens with one attached hydrogen (secondary N) is 2. The van der Waals surface area contributed by atoms with Crippen molar-refractivity contribution in [3.8, 4) is 0 Å². The van der Waals surface area contributed by atoms with E-state index in [1.807, 2.05) is 0 Å². The van der Waals surface area contributed by atoms with Gasteiger partial charge in [0.1, 0.15) is 6.42 Å². The van der Waals surface area contributed by atoms with E-state index in [0.717, 1.165) is 5.43 Å². The highest BCUT2D eigenvalue weighted by atomic mass is 19.3. The standard InChI is InChI=1S/C8H13F5N2O2/c1-3-6(2,9)17-8(12,13)4-7(10,11)15-14-5-16/h5,15H,3-4H2,1-2H3,(H,14,16). The van der Waals surface area contributed by atoms with Crippen LogP contribution < -0.4 is 10.9 Å².